The van der Waals surface area contributed by atoms with E-state index in [0.29, 0.717) is 36.5 Å². The number of likely N-dealkylation sites (tertiary alicyclic amines) is 1. The average molecular weight is 778 g/mol. The molecule has 2 amide bonds. The van der Waals surface area contributed by atoms with Crippen molar-refractivity contribution in [2.24, 2.45) is 0 Å². The molecule has 1 atom stereocenters. The smallest absolute Gasteiger partial charge is 0.411 e. The molecule has 0 spiro atoms. The van der Waals surface area contributed by atoms with Crippen molar-refractivity contribution in [1.29, 1.82) is 0 Å². The molecule has 6 rings (SSSR count). The highest BCUT2D eigenvalue weighted by atomic mass is 35.5. The van der Waals surface area contributed by atoms with Gasteiger partial charge in [-0.3, -0.25) is 19.3 Å². The van der Waals surface area contributed by atoms with Crippen LogP contribution in [0.25, 0.3) is 0 Å². The number of piperidine rings is 1. The summed E-state index contributed by atoms with van der Waals surface area (Å²) in [7, 11) is -1.40. The molecule has 0 radical (unpaired) electrons. The van der Waals surface area contributed by atoms with E-state index in [1.165, 1.54) is 60.7 Å². The minimum Gasteiger partial charge on any atom is -0.481 e. The van der Waals surface area contributed by atoms with E-state index in [-0.39, 0.29) is 27.7 Å². The predicted octanol–water partition coefficient (Wildman–Crippen LogP) is 3.89. The minimum absolute atomic E-state index is 0.00874. The highest BCUT2D eigenvalue weighted by Crippen LogP contribution is 2.52. The first-order valence-corrected chi connectivity index (χ1v) is 18.3. The van der Waals surface area contributed by atoms with Crippen molar-refractivity contribution < 1.29 is 51.7 Å². The highest BCUT2D eigenvalue weighted by Gasteiger charge is 2.61. The van der Waals surface area contributed by atoms with E-state index in [0.717, 1.165) is 51.9 Å². The van der Waals surface area contributed by atoms with E-state index in [1.807, 2.05) is 0 Å². The van der Waals surface area contributed by atoms with E-state index >= 15 is 0 Å². The second kappa shape index (κ2) is 17.3. The van der Waals surface area contributed by atoms with Gasteiger partial charge in [-0.25, -0.2) is 22.6 Å². The first-order chi connectivity index (χ1) is 25.0. The number of fused-ring (bicyclic) bond motifs is 1. The molecule has 18 heteroatoms. The number of hydrogen-bond donors (Lipinski definition) is 2. The van der Waals surface area contributed by atoms with Gasteiger partial charge < -0.3 is 29.5 Å². The first-order valence-electron chi connectivity index (χ1n) is 16.5. The molecule has 2 N–H and O–H groups in total. The zero-order valence-corrected chi connectivity index (χ0v) is 31.1. The number of ether oxygens (including phenoxy) is 2. The molecule has 286 valence electrons. The largest absolute Gasteiger partial charge is 0.481 e. The van der Waals surface area contributed by atoms with Crippen LogP contribution >= 0.6 is 11.6 Å². The number of pyridine rings is 1. The summed E-state index contributed by atoms with van der Waals surface area (Å²) >= 11 is 6.40. The number of benzene rings is 2. The van der Waals surface area contributed by atoms with Crippen molar-refractivity contribution in [2.45, 2.75) is 43.2 Å². The van der Waals surface area contributed by atoms with Gasteiger partial charge in [-0.15, -0.1) is 0 Å². The van der Waals surface area contributed by atoms with E-state index < -0.39 is 50.3 Å². The number of methoxy groups -OCH3 is 1. The Balaban J connectivity index is 0.000000714. The van der Waals surface area contributed by atoms with Gasteiger partial charge in [0.05, 0.1) is 18.4 Å². The molecule has 3 aliphatic heterocycles. The molecule has 1 aromatic heterocycles. The first kappa shape index (κ1) is 40.9. The Hall–Kier alpha value is -4.84. The van der Waals surface area contributed by atoms with E-state index in [4.69, 9.17) is 40.9 Å². The third-order valence-corrected chi connectivity index (χ3v) is 10.7. The number of carbonyl (C=O) groups is 4. The molecule has 0 aliphatic carbocycles. The number of aromatic nitrogens is 1. The summed E-state index contributed by atoms with van der Waals surface area (Å²) in [5.74, 6) is -3.94. The molecule has 0 saturated carbocycles. The van der Waals surface area contributed by atoms with Crippen LogP contribution in [0.2, 0.25) is 5.02 Å². The number of halogens is 2. The maximum atomic E-state index is 14.9. The summed E-state index contributed by atoms with van der Waals surface area (Å²) in [6.07, 6.45) is 2.69. The van der Waals surface area contributed by atoms with Crippen molar-refractivity contribution in [3.8, 4) is 5.88 Å². The third kappa shape index (κ3) is 9.04. The van der Waals surface area contributed by atoms with Gasteiger partial charge in [-0.2, -0.15) is 4.31 Å². The second-order valence-corrected chi connectivity index (χ2v) is 14.6. The van der Waals surface area contributed by atoms with Crippen molar-refractivity contribution in [1.82, 2.24) is 19.7 Å². The summed E-state index contributed by atoms with van der Waals surface area (Å²) in [6.45, 7) is 6.13. The lowest BCUT2D eigenvalue weighted by atomic mass is 9.87. The molecule has 4 heterocycles. The number of anilines is 1. The molecule has 2 saturated heterocycles. The molecule has 2 fully saturated rings. The number of carbonyl (C=O) groups excluding carboxylic acids is 2. The Bertz CT molecular complexity index is 1920. The van der Waals surface area contributed by atoms with E-state index in [2.05, 4.69) is 21.8 Å². The zero-order chi connectivity index (χ0) is 39.1. The van der Waals surface area contributed by atoms with Gasteiger partial charge in [0.15, 0.2) is 0 Å². The normalized spacial score (nSPS) is 19.2. The van der Waals surface area contributed by atoms with Gasteiger partial charge in [0.2, 0.25) is 5.88 Å². The van der Waals surface area contributed by atoms with E-state index in [1.54, 1.807) is 0 Å². The number of nitrogens with zero attached hydrogens (tertiary/aromatic N) is 5. The van der Waals surface area contributed by atoms with Crippen LogP contribution in [0.3, 0.4) is 0 Å². The number of carboxylic acid groups (broad SMARTS) is 2. The number of amides is 2. The van der Waals surface area contributed by atoms with Crippen LogP contribution in [0.4, 0.5) is 14.9 Å². The Morgan fingerprint density at radius 1 is 0.925 bits per heavy atom. The Labute approximate surface area is 311 Å². The quantitative estimate of drug-likeness (QED) is 0.368. The van der Waals surface area contributed by atoms with Gasteiger partial charge >= 0.3 is 6.09 Å². The van der Waals surface area contributed by atoms with Gasteiger partial charge in [0, 0.05) is 62.9 Å². The number of hydrogen-bond acceptors (Lipinski definition) is 11. The molecule has 53 heavy (non-hydrogen) atoms. The van der Waals surface area contributed by atoms with Gasteiger partial charge in [-0.1, -0.05) is 23.7 Å². The van der Waals surface area contributed by atoms with Crippen LogP contribution < -0.4 is 9.04 Å². The fourth-order valence-electron chi connectivity index (χ4n) is 6.39. The third-order valence-electron chi connectivity index (χ3n) is 8.76. The lowest BCUT2D eigenvalue weighted by Gasteiger charge is -2.42. The fourth-order valence-corrected chi connectivity index (χ4v) is 8.09. The summed E-state index contributed by atoms with van der Waals surface area (Å²) < 4.78 is 55.1. The van der Waals surface area contributed by atoms with Crippen LogP contribution in [0, 0.1) is 5.82 Å². The molecular formula is C35H41ClFN5O10S. The van der Waals surface area contributed by atoms with Crippen LogP contribution in [0.1, 0.15) is 37.8 Å². The Kier molecular flexibility index (Phi) is 13.4. The molecule has 1 unspecified atom stereocenters. The zero-order valence-electron chi connectivity index (χ0n) is 29.6. The maximum absolute atomic E-state index is 14.9. The van der Waals surface area contributed by atoms with Gasteiger partial charge in [-0.05, 0) is 75.4 Å². The molecule has 15 nitrogen and oxygen atoms in total. The van der Waals surface area contributed by atoms with Crippen molar-refractivity contribution >= 4 is 51.3 Å². The van der Waals surface area contributed by atoms with Crippen LogP contribution in [-0.4, -0.2) is 122 Å². The summed E-state index contributed by atoms with van der Waals surface area (Å²) in [5.41, 5.74) is -2.55. The SMILES string of the molecule is CC(=O)O.CC(=O)O.COc1ncccc1C1(OC(=O)N2CCN(C3CCN(C)CC3)CC2)C(=O)N(S(=O)(=O)c2ccccc2F)c2ccc(Cl)cc21. The maximum Gasteiger partial charge on any atom is 0.411 e. The molecule has 3 aliphatic rings. The van der Waals surface area contributed by atoms with Crippen molar-refractivity contribution in [3.05, 3.63) is 82.8 Å². The predicted molar refractivity (Wildman–Crippen MR) is 191 cm³/mol. The van der Waals surface area contributed by atoms with Crippen molar-refractivity contribution in [3.63, 3.8) is 0 Å². The summed E-state index contributed by atoms with van der Waals surface area (Å²) in [6, 6.07) is 12.2. The Morgan fingerprint density at radius 3 is 2.11 bits per heavy atom. The Morgan fingerprint density at radius 2 is 1.53 bits per heavy atom. The van der Waals surface area contributed by atoms with Crippen molar-refractivity contribution in [2.75, 3.05) is 57.7 Å². The lowest BCUT2D eigenvalue weighted by Crippen LogP contribution is -2.55. The van der Waals surface area contributed by atoms with Gasteiger partial charge in [0.1, 0.15) is 10.7 Å². The fraction of sp³-hybridized carbons (Fsp3) is 0.400. The molecule has 2 aromatic carbocycles. The lowest BCUT2D eigenvalue weighted by molar-refractivity contribution is -0.135. The summed E-state index contributed by atoms with van der Waals surface area (Å²) in [4.78, 5) is 56.3. The van der Waals surface area contributed by atoms with Crippen LogP contribution in [-0.2, 0) is 34.7 Å². The standard InChI is InChI=1S/C31H33ClFN5O6S.2C2H4O2/c1-35-14-11-22(12-15-35)36-16-18-37(19-17-36)30(40)44-31(23-6-5-13-34-28(23)43-2)24-20-21(32)9-10-26(24)38(29(31)39)45(41,42)27-8-4-3-7-25(27)33;2*1-2(3)4/h3-10,13,20,22H,11-12,14-19H2,1-2H3;2*1H3,(H,3,4). The molecule has 0 bridgehead atoms. The topological polar surface area (TPSA) is 187 Å². The van der Waals surface area contributed by atoms with Gasteiger partial charge in [0.25, 0.3) is 33.5 Å². The number of aliphatic carboxylic acids is 2. The number of piperazine rings is 1. The highest BCUT2D eigenvalue weighted by molar-refractivity contribution is 7.93. The second-order valence-electron chi connectivity index (χ2n) is 12.4. The summed E-state index contributed by atoms with van der Waals surface area (Å²) in [5, 5.41) is 15.0. The van der Waals surface area contributed by atoms with E-state index in [9.17, 15) is 22.4 Å². The monoisotopic (exact) mass is 777 g/mol. The van der Waals surface area contributed by atoms with Crippen LogP contribution in [0.5, 0.6) is 5.88 Å². The average Bonchev–Trinajstić information content (AvgIpc) is 3.35. The van der Waals surface area contributed by atoms with Crippen LogP contribution in [0.15, 0.2) is 65.7 Å². The number of sulfonamides is 1. The minimum atomic E-state index is -4.84. The number of rotatable bonds is 6. The number of carboxylic acids is 2. The molecular weight excluding hydrogens is 737 g/mol. The molecule has 3 aromatic rings.